The van der Waals surface area contributed by atoms with Crippen LogP contribution in [0.2, 0.25) is 0 Å². The molecule has 4 amide bonds. The molecule has 8 nitrogen and oxygen atoms in total. The van der Waals surface area contributed by atoms with E-state index in [1.165, 1.54) is 21.1 Å². The molecule has 1 aromatic heterocycles. The number of aromatic nitrogens is 1. The maximum Gasteiger partial charge on any atom is 0.336 e. The van der Waals surface area contributed by atoms with Crippen LogP contribution in [0.5, 0.6) is 0 Å². The lowest BCUT2D eigenvalue weighted by Crippen LogP contribution is -2.62. The first kappa shape index (κ1) is 18.6. The van der Waals surface area contributed by atoms with Crippen LogP contribution in [-0.2, 0) is 0 Å². The zero-order valence-electron chi connectivity index (χ0n) is 16.2. The molecule has 2 aromatic rings. The van der Waals surface area contributed by atoms with Crippen LogP contribution in [0, 0.1) is 0 Å². The minimum atomic E-state index is -0.556. The summed E-state index contributed by atoms with van der Waals surface area (Å²) in [7, 11) is 0. The first-order valence-corrected chi connectivity index (χ1v) is 10.00. The van der Waals surface area contributed by atoms with Crippen molar-refractivity contribution in [3.8, 4) is 0 Å². The summed E-state index contributed by atoms with van der Waals surface area (Å²) in [6, 6.07) is 9.91. The van der Waals surface area contributed by atoms with Crippen molar-refractivity contribution < 1.29 is 9.59 Å². The van der Waals surface area contributed by atoms with E-state index in [-0.39, 0.29) is 18.1 Å². The van der Waals surface area contributed by atoms with Gasteiger partial charge in [-0.05, 0) is 43.7 Å². The second-order valence-electron chi connectivity index (χ2n) is 7.65. The number of hydrogen-bond acceptors (Lipinski definition) is 3. The number of aromatic amines is 1. The molecule has 2 aliphatic heterocycles. The largest absolute Gasteiger partial charge is 0.357 e. The van der Waals surface area contributed by atoms with Gasteiger partial charge >= 0.3 is 12.1 Å². The molecule has 28 heavy (non-hydrogen) atoms. The van der Waals surface area contributed by atoms with Gasteiger partial charge < -0.3 is 16.0 Å². The molecule has 4 N–H and O–H groups in total. The zero-order valence-corrected chi connectivity index (χ0v) is 16.2. The number of hydrazine groups is 1. The quantitative estimate of drug-likeness (QED) is 0.755. The standard InChI is InChI=1S/C20H28N6O2/c1-14(18-13-15-5-2-3-6-17(15)23-18)24-11-7-16(8-12-24)26(19(21)27)25-10-4-9-22-20(25)28/h2-3,5-6,13-14,16,23H,4,7-12H2,1H3,(H2,21,27)(H,22,28). The summed E-state index contributed by atoms with van der Waals surface area (Å²) in [5.74, 6) is 0. The van der Waals surface area contributed by atoms with Gasteiger partial charge in [0.2, 0.25) is 0 Å². The molecule has 2 saturated heterocycles. The Morgan fingerprint density at radius 1 is 1.25 bits per heavy atom. The van der Waals surface area contributed by atoms with Gasteiger partial charge in [-0.15, -0.1) is 0 Å². The van der Waals surface area contributed by atoms with Crippen molar-refractivity contribution in [1.82, 2.24) is 25.2 Å². The summed E-state index contributed by atoms with van der Waals surface area (Å²) in [6.45, 7) is 5.07. The van der Waals surface area contributed by atoms with Crippen LogP contribution in [0.1, 0.15) is 37.9 Å². The molecule has 1 atom stereocenters. The molecule has 2 fully saturated rings. The highest BCUT2D eigenvalue weighted by atomic mass is 16.2. The Labute approximate surface area is 164 Å². The summed E-state index contributed by atoms with van der Waals surface area (Å²) in [4.78, 5) is 30.2. The Bertz CT molecular complexity index is 824. The number of hydrogen-bond donors (Lipinski definition) is 3. The third-order valence-corrected chi connectivity index (χ3v) is 5.94. The molecule has 0 bridgehead atoms. The molecule has 1 aromatic carbocycles. The third kappa shape index (κ3) is 3.52. The van der Waals surface area contributed by atoms with Gasteiger partial charge in [0.15, 0.2) is 0 Å². The van der Waals surface area contributed by atoms with E-state index in [0.717, 1.165) is 37.9 Å². The highest BCUT2D eigenvalue weighted by Crippen LogP contribution is 2.28. The van der Waals surface area contributed by atoms with E-state index in [0.29, 0.717) is 13.1 Å². The number of rotatable bonds is 4. The monoisotopic (exact) mass is 384 g/mol. The number of carbonyl (C=O) groups is 2. The van der Waals surface area contributed by atoms with Crippen LogP contribution in [0.15, 0.2) is 30.3 Å². The second kappa shape index (κ2) is 7.71. The number of fused-ring (bicyclic) bond motifs is 1. The van der Waals surface area contributed by atoms with E-state index >= 15 is 0 Å². The minimum Gasteiger partial charge on any atom is -0.357 e. The fraction of sp³-hybridized carbons (Fsp3) is 0.500. The highest BCUT2D eigenvalue weighted by molar-refractivity contribution is 5.81. The van der Waals surface area contributed by atoms with E-state index in [4.69, 9.17) is 5.73 Å². The van der Waals surface area contributed by atoms with Crippen LogP contribution in [0.25, 0.3) is 10.9 Å². The molecular weight excluding hydrogens is 356 g/mol. The SMILES string of the molecule is CC(c1cc2ccccc2[nH]1)N1CCC(N(C(N)=O)N2CCCNC2=O)CC1. The number of H-pyrrole nitrogens is 1. The van der Waals surface area contributed by atoms with Crippen molar-refractivity contribution in [3.63, 3.8) is 0 Å². The lowest BCUT2D eigenvalue weighted by Gasteiger charge is -2.44. The van der Waals surface area contributed by atoms with Crippen LogP contribution in [0.4, 0.5) is 9.59 Å². The van der Waals surface area contributed by atoms with Crippen LogP contribution in [0.3, 0.4) is 0 Å². The van der Waals surface area contributed by atoms with E-state index in [1.54, 1.807) is 0 Å². The van der Waals surface area contributed by atoms with Crippen LogP contribution >= 0.6 is 0 Å². The van der Waals surface area contributed by atoms with Gasteiger partial charge in [0, 0.05) is 43.4 Å². The van der Waals surface area contributed by atoms with Crippen LogP contribution in [-0.4, -0.2) is 64.2 Å². The Balaban J connectivity index is 1.42. The van der Waals surface area contributed by atoms with Crippen molar-refractivity contribution in [1.29, 1.82) is 0 Å². The number of urea groups is 2. The fourth-order valence-electron chi connectivity index (χ4n) is 4.35. The van der Waals surface area contributed by atoms with Gasteiger partial charge in [0.05, 0.1) is 6.04 Å². The fourth-order valence-corrected chi connectivity index (χ4v) is 4.35. The van der Waals surface area contributed by atoms with Gasteiger partial charge in [-0.2, -0.15) is 0 Å². The van der Waals surface area contributed by atoms with Gasteiger partial charge in [-0.3, -0.25) is 4.90 Å². The van der Waals surface area contributed by atoms with Crippen molar-refractivity contribution >= 4 is 23.0 Å². The number of primary amides is 1. The van der Waals surface area contributed by atoms with E-state index < -0.39 is 6.03 Å². The average Bonchev–Trinajstić information content (AvgIpc) is 3.14. The highest BCUT2D eigenvalue weighted by Gasteiger charge is 2.35. The molecule has 8 heteroatoms. The Morgan fingerprint density at radius 3 is 2.68 bits per heavy atom. The second-order valence-corrected chi connectivity index (χ2v) is 7.65. The topological polar surface area (TPSA) is 97.7 Å². The Hall–Kier alpha value is -2.74. The predicted molar refractivity (Wildman–Crippen MR) is 107 cm³/mol. The molecule has 3 heterocycles. The summed E-state index contributed by atoms with van der Waals surface area (Å²) in [5.41, 5.74) is 7.98. The molecule has 4 rings (SSSR count). The van der Waals surface area contributed by atoms with E-state index in [9.17, 15) is 9.59 Å². The van der Waals surface area contributed by atoms with E-state index in [1.807, 2.05) is 12.1 Å². The summed E-state index contributed by atoms with van der Waals surface area (Å²) < 4.78 is 0. The molecule has 0 radical (unpaired) electrons. The number of carbonyl (C=O) groups excluding carboxylic acids is 2. The minimum absolute atomic E-state index is 0.0486. The van der Waals surface area contributed by atoms with Crippen molar-refractivity contribution in [3.05, 3.63) is 36.0 Å². The number of nitrogens with one attached hydrogen (secondary N) is 2. The Morgan fingerprint density at radius 2 is 2.00 bits per heavy atom. The summed E-state index contributed by atoms with van der Waals surface area (Å²) in [5, 5.41) is 6.96. The van der Waals surface area contributed by atoms with Gasteiger partial charge in [-0.1, -0.05) is 18.2 Å². The zero-order chi connectivity index (χ0) is 19.7. The normalized spacial score (nSPS) is 20.2. The number of likely N-dealkylation sites (tertiary alicyclic amines) is 1. The molecule has 150 valence electrons. The van der Waals surface area contributed by atoms with Gasteiger partial charge in [0.25, 0.3) is 0 Å². The van der Waals surface area contributed by atoms with Crippen molar-refractivity contribution in [2.75, 3.05) is 26.2 Å². The Kier molecular flexibility index (Phi) is 5.13. The van der Waals surface area contributed by atoms with Crippen molar-refractivity contribution in [2.45, 2.75) is 38.3 Å². The number of para-hydroxylation sites is 1. The molecule has 0 saturated carbocycles. The maximum absolute atomic E-state index is 12.2. The maximum atomic E-state index is 12.2. The number of benzene rings is 1. The molecular formula is C20H28N6O2. The first-order chi connectivity index (χ1) is 13.5. The average molecular weight is 384 g/mol. The third-order valence-electron chi connectivity index (χ3n) is 5.94. The van der Waals surface area contributed by atoms with Crippen LogP contribution < -0.4 is 11.1 Å². The number of nitrogens with zero attached hydrogens (tertiary/aromatic N) is 3. The van der Waals surface area contributed by atoms with Crippen molar-refractivity contribution in [2.24, 2.45) is 5.73 Å². The van der Waals surface area contributed by atoms with Gasteiger partial charge in [-0.25, -0.2) is 19.6 Å². The molecule has 2 aliphatic rings. The number of nitrogens with two attached hydrogens (primary N) is 1. The lowest BCUT2D eigenvalue weighted by molar-refractivity contribution is -0.0147. The van der Waals surface area contributed by atoms with Gasteiger partial charge in [0.1, 0.15) is 0 Å². The smallest absolute Gasteiger partial charge is 0.336 e. The van der Waals surface area contributed by atoms with E-state index in [2.05, 4.69) is 40.3 Å². The first-order valence-electron chi connectivity index (χ1n) is 10.00. The lowest BCUT2D eigenvalue weighted by atomic mass is 10.0. The number of amides is 4. The predicted octanol–water partition coefficient (Wildman–Crippen LogP) is 2.40. The molecule has 0 spiro atoms. The molecule has 1 unspecified atom stereocenters. The number of piperidine rings is 1. The summed E-state index contributed by atoms with van der Waals surface area (Å²) in [6.07, 6.45) is 2.39. The molecule has 0 aliphatic carbocycles. The summed E-state index contributed by atoms with van der Waals surface area (Å²) >= 11 is 0.